The highest BCUT2D eigenvalue weighted by Crippen LogP contribution is 2.18. The largest absolute Gasteiger partial charge is 0.346 e. The third-order valence-corrected chi connectivity index (χ3v) is 1.75. The zero-order chi connectivity index (χ0) is 9.14. The molecular formula is C10H12ClN. The van der Waals surface area contributed by atoms with Crippen LogP contribution in [0.4, 0.5) is 5.69 Å². The maximum atomic E-state index is 5.62. The lowest BCUT2D eigenvalue weighted by atomic mass is 10.1. The van der Waals surface area contributed by atoms with Crippen molar-refractivity contribution in [1.29, 1.82) is 0 Å². The first-order valence-electron chi connectivity index (χ1n) is 3.78. The van der Waals surface area contributed by atoms with Gasteiger partial charge in [0.2, 0.25) is 0 Å². The molecule has 0 saturated carbocycles. The summed E-state index contributed by atoms with van der Waals surface area (Å²) in [4.78, 5) is 0. The van der Waals surface area contributed by atoms with Crippen LogP contribution in [0.25, 0.3) is 0 Å². The minimum Gasteiger partial charge on any atom is -0.346 e. The Kier molecular flexibility index (Phi) is 2.77. The summed E-state index contributed by atoms with van der Waals surface area (Å²) in [6, 6.07) is 6.13. The lowest BCUT2D eigenvalue weighted by Crippen LogP contribution is -1.94. The predicted octanol–water partition coefficient (Wildman–Crippen LogP) is 3.43. The Morgan fingerprint density at radius 3 is 2.58 bits per heavy atom. The summed E-state index contributed by atoms with van der Waals surface area (Å²) in [5.41, 5.74) is 3.44. The van der Waals surface area contributed by atoms with Crippen LogP contribution in [0.3, 0.4) is 0 Å². The van der Waals surface area contributed by atoms with Gasteiger partial charge in [0.15, 0.2) is 0 Å². The Balaban J connectivity index is 2.93. The Morgan fingerprint density at radius 2 is 2.08 bits per heavy atom. The van der Waals surface area contributed by atoms with Gasteiger partial charge in [-0.25, -0.2) is 0 Å². The highest BCUT2D eigenvalue weighted by Gasteiger charge is 1.97. The van der Waals surface area contributed by atoms with Crippen LogP contribution in [0, 0.1) is 13.8 Å². The summed E-state index contributed by atoms with van der Waals surface area (Å²) >= 11 is 5.62. The van der Waals surface area contributed by atoms with Crippen molar-refractivity contribution >= 4 is 17.3 Å². The van der Waals surface area contributed by atoms with E-state index in [9.17, 15) is 0 Å². The average molecular weight is 182 g/mol. The Morgan fingerprint density at radius 1 is 1.42 bits per heavy atom. The SMILES string of the molecule is C=C(Cl)Nc1ccc(C)cc1C. The highest BCUT2D eigenvalue weighted by atomic mass is 35.5. The topological polar surface area (TPSA) is 12.0 Å². The monoisotopic (exact) mass is 181 g/mol. The fourth-order valence-corrected chi connectivity index (χ4v) is 1.20. The Labute approximate surface area is 78.1 Å². The van der Waals surface area contributed by atoms with Gasteiger partial charge in [-0.1, -0.05) is 35.9 Å². The molecule has 0 aliphatic rings. The highest BCUT2D eigenvalue weighted by molar-refractivity contribution is 6.30. The minimum absolute atomic E-state index is 0.446. The molecule has 0 atom stereocenters. The molecule has 0 aliphatic heterocycles. The Hall–Kier alpha value is -0.950. The molecule has 0 saturated heterocycles. The average Bonchev–Trinajstić information content (AvgIpc) is 1.94. The summed E-state index contributed by atoms with van der Waals surface area (Å²) < 4.78 is 0. The van der Waals surface area contributed by atoms with Crippen LogP contribution in [-0.4, -0.2) is 0 Å². The van der Waals surface area contributed by atoms with E-state index in [1.807, 2.05) is 19.1 Å². The third kappa shape index (κ3) is 2.28. The molecule has 1 nitrogen and oxygen atoms in total. The van der Waals surface area contributed by atoms with Crippen LogP contribution in [0.15, 0.2) is 29.9 Å². The third-order valence-electron chi connectivity index (χ3n) is 1.65. The van der Waals surface area contributed by atoms with Crippen LogP contribution in [0.2, 0.25) is 0 Å². The molecule has 0 spiro atoms. The second-order valence-corrected chi connectivity index (χ2v) is 3.30. The fourth-order valence-electron chi connectivity index (χ4n) is 1.10. The molecule has 0 heterocycles. The normalized spacial score (nSPS) is 9.58. The van der Waals surface area contributed by atoms with Crippen LogP contribution >= 0.6 is 11.6 Å². The van der Waals surface area contributed by atoms with Crippen molar-refractivity contribution in [2.45, 2.75) is 13.8 Å². The van der Waals surface area contributed by atoms with E-state index in [-0.39, 0.29) is 0 Å². The van der Waals surface area contributed by atoms with E-state index < -0.39 is 0 Å². The molecule has 12 heavy (non-hydrogen) atoms. The van der Waals surface area contributed by atoms with Crippen LogP contribution in [0.5, 0.6) is 0 Å². The number of rotatable bonds is 2. The molecule has 1 rings (SSSR count). The summed E-state index contributed by atoms with van der Waals surface area (Å²) in [6.07, 6.45) is 0. The number of aryl methyl sites for hydroxylation is 2. The molecule has 0 unspecified atom stereocenters. The molecule has 0 aliphatic carbocycles. The number of nitrogens with one attached hydrogen (secondary N) is 1. The van der Waals surface area contributed by atoms with E-state index in [0.717, 1.165) is 5.69 Å². The molecule has 0 fully saturated rings. The van der Waals surface area contributed by atoms with E-state index in [1.54, 1.807) is 0 Å². The lowest BCUT2D eigenvalue weighted by Gasteiger charge is -2.07. The maximum Gasteiger partial charge on any atom is 0.0989 e. The zero-order valence-electron chi connectivity index (χ0n) is 7.32. The summed E-state index contributed by atoms with van der Waals surface area (Å²) in [5, 5.41) is 3.42. The molecule has 64 valence electrons. The first-order valence-corrected chi connectivity index (χ1v) is 4.16. The smallest absolute Gasteiger partial charge is 0.0989 e. The number of hydrogen-bond acceptors (Lipinski definition) is 1. The van der Waals surface area contributed by atoms with Gasteiger partial charge in [0, 0.05) is 5.69 Å². The molecule has 1 aromatic rings. The van der Waals surface area contributed by atoms with Crippen LogP contribution < -0.4 is 5.32 Å². The fraction of sp³-hybridized carbons (Fsp3) is 0.200. The Bertz CT molecular complexity index is 305. The predicted molar refractivity (Wildman–Crippen MR) is 54.5 cm³/mol. The quantitative estimate of drug-likeness (QED) is 0.690. The van der Waals surface area contributed by atoms with Gasteiger partial charge in [-0.15, -0.1) is 0 Å². The van der Waals surface area contributed by atoms with Gasteiger partial charge in [0.25, 0.3) is 0 Å². The molecular weight excluding hydrogens is 170 g/mol. The van der Waals surface area contributed by atoms with E-state index in [1.165, 1.54) is 11.1 Å². The maximum absolute atomic E-state index is 5.62. The lowest BCUT2D eigenvalue weighted by molar-refractivity contribution is 1.37. The van der Waals surface area contributed by atoms with Crippen LogP contribution in [-0.2, 0) is 0 Å². The molecule has 0 aromatic heterocycles. The second kappa shape index (κ2) is 3.63. The van der Waals surface area contributed by atoms with Crippen LogP contribution in [0.1, 0.15) is 11.1 Å². The number of benzene rings is 1. The van der Waals surface area contributed by atoms with E-state index >= 15 is 0 Å². The first kappa shape index (κ1) is 9.14. The van der Waals surface area contributed by atoms with Gasteiger partial charge in [-0.2, -0.15) is 0 Å². The summed E-state index contributed by atoms with van der Waals surface area (Å²) in [5.74, 6) is 0. The van der Waals surface area contributed by atoms with Crippen molar-refractivity contribution in [2.75, 3.05) is 5.32 Å². The molecule has 0 bridgehead atoms. The van der Waals surface area contributed by atoms with Crippen molar-refractivity contribution in [3.05, 3.63) is 41.1 Å². The van der Waals surface area contributed by atoms with Crippen molar-refractivity contribution in [3.8, 4) is 0 Å². The van der Waals surface area contributed by atoms with Gasteiger partial charge in [0.05, 0.1) is 5.16 Å². The van der Waals surface area contributed by atoms with Gasteiger partial charge < -0.3 is 5.32 Å². The van der Waals surface area contributed by atoms with Crippen molar-refractivity contribution < 1.29 is 0 Å². The molecule has 1 aromatic carbocycles. The van der Waals surface area contributed by atoms with Gasteiger partial charge in [-0.05, 0) is 25.5 Å². The van der Waals surface area contributed by atoms with Gasteiger partial charge in [-0.3, -0.25) is 0 Å². The molecule has 0 radical (unpaired) electrons. The zero-order valence-corrected chi connectivity index (χ0v) is 8.07. The van der Waals surface area contributed by atoms with E-state index in [2.05, 4.69) is 24.9 Å². The number of hydrogen-bond donors (Lipinski definition) is 1. The van der Waals surface area contributed by atoms with Gasteiger partial charge >= 0.3 is 0 Å². The van der Waals surface area contributed by atoms with Gasteiger partial charge in [0.1, 0.15) is 0 Å². The van der Waals surface area contributed by atoms with Crippen molar-refractivity contribution in [1.82, 2.24) is 0 Å². The molecule has 1 N–H and O–H groups in total. The minimum atomic E-state index is 0.446. The molecule has 2 heteroatoms. The first-order chi connectivity index (χ1) is 5.59. The number of halogens is 1. The van der Waals surface area contributed by atoms with Crippen molar-refractivity contribution in [2.24, 2.45) is 0 Å². The van der Waals surface area contributed by atoms with Crippen molar-refractivity contribution in [3.63, 3.8) is 0 Å². The molecule has 0 amide bonds. The second-order valence-electron chi connectivity index (χ2n) is 2.85. The van der Waals surface area contributed by atoms with E-state index in [4.69, 9.17) is 11.6 Å². The van der Waals surface area contributed by atoms with E-state index in [0.29, 0.717) is 5.16 Å². The number of anilines is 1. The summed E-state index contributed by atoms with van der Waals surface area (Å²) in [6.45, 7) is 7.67. The summed E-state index contributed by atoms with van der Waals surface area (Å²) in [7, 11) is 0. The standard InChI is InChI=1S/C10H12ClN/c1-7-4-5-10(8(2)6-7)12-9(3)11/h4-6,12H,3H2,1-2H3.